The number of benzene rings is 2. The van der Waals surface area contributed by atoms with Crippen molar-refractivity contribution in [2.75, 3.05) is 25.0 Å². The molecule has 60 heavy (non-hydrogen) atoms. The van der Waals surface area contributed by atoms with Gasteiger partial charge < -0.3 is 30.0 Å². The van der Waals surface area contributed by atoms with Crippen molar-refractivity contribution in [1.82, 2.24) is 35.5 Å². The second-order valence-corrected chi connectivity index (χ2v) is 15.0. The zero-order valence-corrected chi connectivity index (χ0v) is 34.0. The molecule has 3 amide bonds. The van der Waals surface area contributed by atoms with Crippen LogP contribution >= 0.6 is 0 Å². The Morgan fingerprint density at radius 3 is 2.20 bits per heavy atom. The number of aryl methyl sites for hydroxylation is 1. The highest BCUT2D eigenvalue weighted by Gasteiger charge is 2.22. The molecule has 16 heteroatoms. The molecule has 0 fully saturated rings. The van der Waals surface area contributed by atoms with Crippen LogP contribution in [-0.4, -0.2) is 68.2 Å². The van der Waals surface area contributed by atoms with Gasteiger partial charge in [0.25, 0.3) is 0 Å². The molecule has 0 unspecified atom stereocenters. The van der Waals surface area contributed by atoms with E-state index in [-0.39, 0.29) is 37.7 Å². The van der Waals surface area contributed by atoms with E-state index in [4.69, 9.17) is 9.47 Å². The molecule has 4 heterocycles. The summed E-state index contributed by atoms with van der Waals surface area (Å²) in [5.74, 6) is 0.223. The van der Waals surface area contributed by atoms with Crippen molar-refractivity contribution in [3.05, 3.63) is 130 Å². The number of rotatable bonds is 16. The van der Waals surface area contributed by atoms with Gasteiger partial charge in [0, 0.05) is 55.1 Å². The fourth-order valence-electron chi connectivity index (χ4n) is 5.85. The van der Waals surface area contributed by atoms with Gasteiger partial charge in [-0.2, -0.15) is 10.2 Å². The number of azo groups is 1. The van der Waals surface area contributed by atoms with E-state index in [9.17, 15) is 19.2 Å². The first kappa shape index (κ1) is 42.5. The molecule has 6 rings (SSSR count). The van der Waals surface area contributed by atoms with Gasteiger partial charge in [-0.15, -0.1) is 0 Å². The average Bonchev–Trinajstić information content (AvgIpc) is 3.22. The van der Waals surface area contributed by atoms with Gasteiger partial charge in [-0.05, 0) is 112 Å². The summed E-state index contributed by atoms with van der Waals surface area (Å²) in [4.78, 5) is 67.0. The van der Waals surface area contributed by atoms with Crippen LogP contribution in [0.15, 0.2) is 112 Å². The number of pyridine rings is 4. The predicted octanol–water partition coefficient (Wildman–Crippen LogP) is 7.76. The Kier molecular flexibility index (Phi) is 14.2. The Hall–Kier alpha value is -7.07. The first-order valence-electron chi connectivity index (χ1n) is 19.6. The molecule has 0 aliphatic carbocycles. The lowest BCUT2D eigenvalue weighted by atomic mass is 10.2. The minimum Gasteiger partial charge on any atom is -0.449 e. The second-order valence-electron chi connectivity index (χ2n) is 15.0. The summed E-state index contributed by atoms with van der Waals surface area (Å²) in [5, 5.41) is 19.2. The molecule has 0 aliphatic heterocycles. The van der Waals surface area contributed by atoms with E-state index >= 15 is 0 Å². The summed E-state index contributed by atoms with van der Waals surface area (Å²) >= 11 is 0. The number of carbonyl (C=O) groups excluding carboxylic acids is 3. The number of nitrogens with zero attached hydrogens (tertiary/aromatic N) is 6. The zero-order chi connectivity index (χ0) is 42.5. The van der Waals surface area contributed by atoms with Gasteiger partial charge in [0.1, 0.15) is 17.1 Å². The number of hydrogen-bond acceptors (Lipinski definition) is 12. The van der Waals surface area contributed by atoms with E-state index in [2.05, 4.69) is 46.1 Å². The maximum absolute atomic E-state index is 13.1. The van der Waals surface area contributed by atoms with Crippen LogP contribution in [0.5, 0.6) is 0 Å². The third-order valence-electron chi connectivity index (χ3n) is 8.87. The van der Waals surface area contributed by atoms with Crippen molar-refractivity contribution in [1.29, 1.82) is 0 Å². The monoisotopic (exact) mass is 812 g/mol. The average molecular weight is 813 g/mol. The topological polar surface area (TPSA) is 205 Å². The zero-order valence-electron chi connectivity index (χ0n) is 34.0. The predicted molar refractivity (Wildman–Crippen MR) is 228 cm³/mol. The highest BCUT2D eigenvalue weighted by molar-refractivity contribution is 5.86. The van der Waals surface area contributed by atoms with Crippen LogP contribution in [0.1, 0.15) is 56.1 Å². The molecule has 4 N–H and O–H groups in total. The molecule has 0 radical (unpaired) electrons. The summed E-state index contributed by atoms with van der Waals surface area (Å²) in [6.45, 7) is 9.28. The van der Waals surface area contributed by atoms with Crippen molar-refractivity contribution < 1.29 is 23.9 Å². The van der Waals surface area contributed by atoms with Crippen LogP contribution in [0.2, 0.25) is 0 Å². The van der Waals surface area contributed by atoms with E-state index in [0.29, 0.717) is 60.1 Å². The number of aromatic amines is 1. The standard InChI is InChI=1S/C44H48N10O6/c1-29-6-11-32-13-20-37(49-40(32)47-29)50-42(57)59-25-5-24-54(43(58)60-44(2,3)4)28-31-9-17-35(18-10-31)53-52-34-15-7-30(8-16-34)26-45-23-22-38(55)46-27-36-19-12-33-14-21-39(56)51-41(33)48-36/h6-21,45H,5,22-28H2,1-4H3,(H,46,55)(H,48,51,56)(H,47,49,50,57). The number of amides is 3. The molecule has 0 atom stereocenters. The van der Waals surface area contributed by atoms with Crippen LogP contribution < -0.4 is 21.5 Å². The second kappa shape index (κ2) is 20.1. The fourth-order valence-corrected chi connectivity index (χ4v) is 5.85. The van der Waals surface area contributed by atoms with Crippen LogP contribution in [-0.2, 0) is 33.9 Å². The number of fused-ring (bicyclic) bond motifs is 2. The summed E-state index contributed by atoms with van der Waals surface area (Å²) in [7, 11) is 0. The Balaban J connectivity index is 0.916. The highest BCUT2D eigenvalue weighted by atomic mass is 16.6. The van der Waals surface area contributed by atoms with Crippen LogP contribution in [0, 0.1) is 6.92 Å². The number of carbonyl (C=O) groups is 3. The van der Waals surface area contributed by atoms with Crippen LogP contribution in [0.25, 0.3) is 22.1 Å². The third kappa shape index (κ3) is 13.2. The normalized spacial score (nSPS) is 11.5. The Morgan fingerprint density at radius 1 is 0.783 bits per heavy atom. The molecule has 0 aliphatic rings. The summed E-state index contributed by atoms with van der Waals surface area (Å²) in [6.07, 6.45) is -0.447. The van der Waals surface area contributed by atoms with E-state index in [1.54, 1.807) is 17.0 Å². The van der Waals surface area contributed by atoms with Gasteiger partial charge in [-0.25, -0.2) is 24.5 Å². The SMILES string of the molecule is Cc1ccc2ccc(NC(=O)OCCCN(Cc3ccc(N=Nc4ccc(CNCCC(=O)NCc5ccc6ccc(=O)[nH]c6n5)cc4)cc3)C(=O)OC(C)(C)C)nc2n1. The van der Waals surface area contributed by atoms with E-state index in [0.717, 1.165) is 27.6 Å². The van der Waals surface area contributed by atoms with Gasteiger partial charge in [-0.3, -0.25) is 14.9 Å². The highest BCUT2D eigenvalue weighted by Crippen LogP contribution is 2.21. The molecule has 0 saturated heterocycles. The summed E-state index contributed by atoms with van der Waals surface area (Å²) in [5.41, 5.74) is 4.80. The molecule has 0 spiro atoms. The number of aromatic nitrogens is 4. The van der Waals surface area contributed by atoms with Gasteiger partial charge in [0.2, 0.25) is 11.5 Å². The van der Waals surface area contributed by atoms with Crippen LogP contribution in [0.4, 0.5) is 26.8 Å². The molecular formula is C44H48N10O6. The van der Waals surface area contributed by atoms with E-state index in [1.807, 2.05) is 107 Å². The largest absolute Gasteiger partial charge is 0.449 e. The molecule has 6 aromatic rings. The Labute approximate surface area is 346 Å². The summed E-state index contributed by atoms with van der Waals surface area (Å²) < 4.78 is 11.0. The molecule has 0 bridgehead atoms. The van der Waals surface area contributed by atoms with Crippen molar-refractivity contribution in [2.45, 2.75) is 65.8 Å². The molecule has 0 saturated carbocycles. The number of nitrogens with one attached hydrogen (secondary N) is 4. The van der Waals surface area contributed by atoms with Gasteiger partial charge >= 0.3 is 12.2 Å². The number of anilines is 1. The number of ether oxygens (including phenoxy) is 2. The van der Waals surface area contributed by atoms with Gasteiger partial charge in [0.15, 0.2) is 5.65 Å². The quantitative estimate of drug-likeness (QED) is 0.0552. The lowest BCUT2D eigenvalue weighted by Gasteiger charge is -2.27. The van der Waals surface area contributed by atoms with E-state index in [1.165, 1.54) is 6.07 Å². The first-order chi connectivity index (χ1) is 28.8. The lowest BCUT2D eigenvalue weighted by molar-refractivity contribution is -0.121. The minimum atomic E-state index is -0.687. The lowest BCUT2D eigenvalue weighted by Crippen LogP contribution is -2.37. The maximum atomic E-state index is 13.1. The molecule has 310 valence electrons. The van der Waals surface area contributed by atoms with Gasteiger partial charge in [-0.1, -0.05) is 24.3 Å². The molecular weight excluding hydrogens is 765 g/mol. The van der Waals surface area contributed by atoms with Crippen molar-refractivity contribution in [2.24, 2.45) is 10.2 Å². The fraction of sp³-hybridized carbons (Fsp3) is 0.295. The van der Waals surface area contributed by atoms with Crippen molar-refractivity contribution >= 4 is 57.4 Å². The Bertz CT molecular complexity index is 2520. The molecule has 16 nitrogen and oxygen atoms in total. The van der Waals surface area contributed by atoms with E-state index < -0.39 is 17.8 Å². The van der Waals surface area contributed by atoms with Crippen molar-refractivity contribution in [3.63, 3.8) is 0 Å². The minimum absolute atomic E-state index is 0.0737. The summed E-state index contributed by atoms with van der Waals surface area (Å²) in [6, 6.07) is 29.2. The third-order valence-corrected chi connectivity index (χ3v) is 8.87. The number of H-pyrrole nitrogens is 1. The van der Waals surface area contributed by atoms with Crippen molar-refractivity contribution in [3.8, 4) is 0 Å². The van der Waals surface area contributed by atoms with Crippen LogP contribution in [0.3, 0.4) is 0 Å². The Morgan fingerprint density at radius 2 is 1.47 bits per heavy atom. The molecule has 4 aromatic heterocycles. The van der Waals surface area contributed by atoms with Gasteiger partial charge in [0.05, 0.1) is 30.2 Å². The number of hydrogen-bond donors (Lipinski definition) is 4. The maximum Gasteiger partial charge on any atom is 0.412 e. The smallest absolute Gasteiger partial charge is 0.412 e. The molecule has 2 aromatic carbocycles. The first-order valence-corrected chi connectivity index (χ1v) is 19.6.